The van der Waals surface area contributed by atoms with E-state index >= 15 is 0 Å². The molecule has 0 aromatic heterocycles. The Morgan fingerprint density at radius 2 is 1.41 bits per heavy atom. The van der Waals surface area contributed by atoms with Gasteiger partial charge in [-0.05, 0) is 38.6 Å². The highest BCUT2D eigenvalue weighted by Gasteiger charge is 2.26. The smallest absolute Gasteiger partial charge is 0.240 e. The first kappa shape index (κ1) is 20.0. The minimum Gasteiger partial charge on any atom is -0.304 e. The van der Waals surface area contributed by atoms with Crippen molar-refractivity contribution in [2.24, 2.45) is 0 Å². The standard InChI is InChI=1S/C21H29N3O2S/c1-17-4-8-19(9-5-17)21(24-14-12-23(3)13-15-24)16-22-27(25,26)20-10-6-18(2)7-11-20/h4-11,21-22H,12-16H2,1-3H3. The van der Waals surface area contributed by atoms with E-state index in [1.807, 2.05) is 19.1 Å². The van der Waals surface area contributed by atoms with Gasteiger partial charge in [0.15, 0.2) is 0 Å². The third-order valence-electron chi connectivity index (χ3n) is 5.24. The summed E-state index contributed by atoms with van der Waals surface area (Å²) in [5.41, 5.74) is 3.40. The average molecular weight is 388 g/mol. The van der Waals surface area contributed by atoms with E-state index in [0.717, 1.165) is 37.3 Å². The number of nitrogens with zero attached hydrogens (tertiary/aromatic N) is 2. The Hall–Kier alpha value is -1.73. The van der Waals surface area contributed by atoms with Gasteiger partial charge in [0, 0.05) is 38.8 Å². The summed E-state index contributed by atoms with van der Waals surface area (Å²) in [7, 11) is -1.40. The van der Waals surface area contributed by atoms with E-state index in [4.69, 9.17) is 0 Å². The first-order valence-corrected chi connectivity index (χ1v) is 10.9. The van der Waals surface area contributed by atoms with Crippen molar-refractivity contribution < 1.29 is 8.42 Å². The molecule has 3 rings (SSSR count). The first-order chi connectivity index (χ1) is 12.8. The molecule has 0 bridgehead atoms. The Morgan fingerprint density at radius 3 is 1.96 bits per heavy atom. The van der Waals surface area contributed by atoms with Crippen molar-refractivity contribution >= 4 is 10.0 Å². The lowest BCUT2D eigenvalue weighted by molar-refractivity contribution is 0.113. The summed E-state index contributed by atoms with van der Waals surface area (Å²) in [6, 6.07) is 15.4. The number of nitrogens with one attached hydrogen (secondary N) is 1. The highest BCUT2D eigenvalue weighted by Crippen LogP contribution is 2.23. The third-order valence-corrected chi connectivity index (χ3v) is 6.68. The summed E-state index contributed by atoms with van der Waals surface area (Å²) in [6.45, 7) is 8.23. The molecule has 27 heavy (non-hydrogen) atoms. The lowest BCUT2D eigenvalue weighted by atomic mass is 10.0. The van der Waals surface area contributed by atoms with Crippen LogP contribution in [0.3, 0.4) is 0 Å². The quantitative estimate of drug-likeness (QED) is 0.828. The molecule has 1 unspecified atom stereocenters. The molecule has 1 aliphatic heterocycles. The topological polar surface area (TPSA) is 52.7 Å². The van der Waals surface area contributed by atoms with E-state index in [9.17, 15) is 8.42 Å². The SMILES string of the molecule is Cc1ccc(C(CNS(=O)(=O)c2ccc(C)cc2)N2CCN(C)CC2)cc1. The van der Waals surface area contributed by atoms with Crippen LogP contribution in [0.2, 0.25) is 0 Å². The number of benzene rings is 2. The number of rotatable bonds is 6. The van der Waals surface area contributed by atoms with Gasteiger partial charge in [0.05, 0.1) is 4.90 Å². The van der Waals surface area contributed by atoms with Crippen LogP contribution in [0.5, 0.6) is 0 Å². The van der Waals surface area contributed by atoms with E-state index in [-0.39, 0.29) is 6.04 Å². The van der Waals surface area contributed by atoms with Gasteiger partial charge in [-0.25, -0.2) is 13.1 Å². The van der Waals surface area contributed by atoms with E-state index in [2.05, 4.69) is 52.8 Å². The molecule has 1 fully saturated rings. The number of piperazine rings is 1. The van der Waals surface area contributed by atoms with Crippen molar-refractivity contribution in [1.29, 1.82) is 0 Å². The Balaban J connectivity index is 1.78. The Morgan fingerprint density at radius 1 is 0.889 bits per heavy atom. The van der Waals surface area contributed by atoms with Crippen LogP contribution in [-0.4, -0.2) is 58.0 Å². The molecule has 1 N–H and O–H groups in total. The van der Waals surface area contributed by atoms with Gasteiger partial charge in [-0.1, -0.05) is 47.5 Å². The largest absolute Gasteiger partial charge is 0.304 e. The van der Waals surface area contributed by atoms with Crippen molar-refractivity contribution in [1.82, 2.24) is 14.5 Å². The lowest BCUT2D eigenvalue weighted by Gasteiger charge is -2.38. The fraction of sp³-hybridized carbons (Fsp3) is 0.429. The molecule has 6 heteroatoms. The molecule has 0 saturated carbocycles. The van der Waals surface area contributed by atoms with Crippen LogP contribution in [0.4, 0.5) is 0 Å². The van der Waals surface area contributed by atoms with Crippen LogP contribution < -0.4 is 4.72 Å². The first-order valence-electron chi connectivity index (χ1n) is 9.41. The Labute approximate surface area is 163 Å². The minimum absolute atomic E-state index is 0.0273. The number of aryl methyl sites for hydroxylation is 2. The molecule has 1 heterocycles. The molecule has 1 saturated heterocycles. The van der Waals surface area contributed by atoms with Crippen LogP contribution >= 0.6 is 0 Å². The van der Waals surface area contributed by atoms with Crippen LogP contribution in [0.15, 0.2) is 53.4 Å². The number of hydrogen-bond donors (Lipinski definition) is 1. The summed E-state index contributed by atoms with van der Waals surface area (Å²) in [5.74, 6) is 0. The summed E-state index contributed by atoms with van der Waals surface area (Å²) in [4.78, 5) is 5.00. The van der Waals surface area contributed by atoms with Gasteiger partial charge in [-0.3, -0.25) is 4.90 Å². The highest BCUT2D eigenvalue weighted by atomic mass is 32.2. The second-order valence-corrected chi connectivity index (χ2v) is 9.20. The molecular weight excluding hydrogens is 358 g/mol. The van der Waals surface area contributed by atoms with E-state index in [1.165, 1.54) is 5.56 Å². The minimum atomic E-state index is -3.52. The molecule has 0 radical (unpaired) electrons. The van der Waals surface area contributed by atoms with Crippen LogP contribution in [0, 0.1) is 13.8 Å². The number of hydrogen-bond acceptors (Lipinski definition) is 4. The monoisotopic (exact) mass is 387 g/mol. The summed E-state index contributed by atoms with van der Waals surface area (Å²) in [6.07, 6.45) is 0. The molecule has 0 aliphatic carbocycles. The predicted octanol–water partition coefficient (Wildman–Crippen LogP) is 2.57. The van der Waals surface area contributed by atoms with E-state index in [0.29, 0.717) is 11.4 Å². The third kappa shape index (κ3) is 5.17. The van der Waals surface area contributed by atoms with Crippen molar-refractivity contribution in [3.05, 3.63) is 65.2 Å². The fourth-order valence-corrected chi connectivity index (χ4v) is 4.41. The summed E-state index contributed by atoms with van der Waals surface area (Å²) in [5, 5.41) is 0. The fourth-order valence-electron chi connectivity index (χ4n) is 3.37. The molecule has 1 aliphatic rings. The molecule has 0 amide bonds. The average Bonchev–Trinajstić information content (AvgIpc) is 2.65. The molecule has 146 valence electrons. The molecule has 2 aromatic rings. The second kappa shape index (κ2) is 8.52. The van der Waals surface area contributed by atoms with Crippen LogP contribution in [0.1, 0.15) is 22.7 Å². The predicted molar refractivity (Wildman–Crippen MR) is 109 cm³/mol. The van der Waals surface area contributed by atoms with Crippen molar-refractivity contribution in [3.63, 3.8) is 0 Å². The Kier molecular flexibility index (Phi) is 6.32. The Bertz CT molecular complexity index is 840. The van der Waals surface area contributed by atoms with Gasteiger partial charge in [-0.15, -0.1) is 0 Å². The lowest BCUT2D eigenvalue weighted by Crippen LogP contribution is -2.48. The van der Waals surface area contributed by atoms with Crippen molar-refractivity contribution in [3.8, 4) is 0 Å². The zero-order valence-corrected chi connectivity index (χ0v) is 17.2. The summed E-state index contributed by atoms with van der Waals surface area (Å²) >= 11 is 0. The van der Waals surface area contributed by atoms with Crippen molar-refractivity contribution in [2.75, 3.05) is 39.8 Å². The number of sulfonamides is 1. The highest BCUT2D eigenvalue weighted by molar-refractivity contribution is 7.89. The zero-order chi connectivity index (χ0) is 19.4. The van der Waals surface area contributed by atoms with Crippen molar-refractivity contribution in [2.45, 2.75) is 24.8 Å². The van der Waals surface area contributed by atoms with Gasteiger partial charge >= 0.3 is 0 Å². The maximum atomic E-state index is 12.7. The molecule has 1 atom stereocenters. The zero-order valence-electron chi connectivity index (χ0n) is 16.4. The van der Waals surface area contributed by atoms with Crippen LogP contribution in [-0.2, 0) is 10.0 Å². The number of likely N-dealkylation sites (N-methyl/N-ethyl adjacent to an activating group) is 1. The normalized spacial score (nSPS) is 17.7. The van der Waals surface area contributed by atoms with Crippen LogP contribution in [0.25, 0.3) is 0 Å². The van der Waals surface area contributed by atoms with Gasteiger partial charge in [0.1, 0.15) is 0 Å². The van der Waals surface area contributed by atoms with Gasteiger partial charge in [-0.2, -0.15) is 0 Å². The van der Waals surface area contributed by atoms with E-state index < -0.39 is 10.0 Å². The van der Waals surface area contributed by atoms with Gasteiger partial charge in [0.25, 0.3) is 0 Å². The second-order valence-electron chi connectivity index (χ2n) is 7.43. The summed E-state index contributed by atoms with van der Waals surface area (Å²) < 4.78 is 28.3. The molecule has 5 nitrogen and oxygen atoms in total. The van der Waals surface area contributed by atoms with E-state index in [1.54, 1.807) is 12.1 Å². The molecule has 2 aromatic carbocycles. The maximum absolute atomic E-state index is 12.7. The molecular formula is C21H29N3O2S. The molecule has 0 spiro atoms. The van der Waals surface area contributed by atoms with Gasteiger partial charge < -0.3 is 4.90 Å². The van der Waals surface area contributed by atoms with Gasteiger partial charge in [0.2, 0.25) is 10.0 Å². The maximum Gasteiger partial charge on any atom is 0.240 e.